The number of rotatable bonds is 4. The summed E-state index contributed by atoms with van der Waals surface area (Å²) in [5.41, 5.74) is 0. The maximum absolute atomic E-state index is 10.3. The van der Waals surface area contributed by atoms with Gasteiger partial charge < -0.3 is 0 Å². The van der Waals surface area contributed by atoms with Gasteiger partial charge in [0, 0.05) is 17.8 Å². The second kappa shape index (κ2) is 5.80. The van der Waals surface area contributed by atoms with Crippen LogP contribution in [0.15, 0.2) is 0 Å². The predicted molar refractivity (Wildman–Crippen MR) is 38.4 cm³/mol. The van der Waals surface area contributed by atoms with Crippen molar-refractivity contribution in [2.75, 3.05) is 0 Å². The lowest BCUT2D eigenvalue weighted by Gasteiger charge is -1.88. The third kappa shape index (κ3) is 8.33. The molecule has 0 fully saturated rings. The quantitative estimate of drug-likeness (QED) is 0.621. The zero-order valence-electron chi connectivity index (χ0n) is 4.72. The van der Waals surface area contributed by atoms with Gasteiger partial charge in [0.15, 0.2) is 0 Å². The maximum atomic E-state index is 10.3. The third-order valence-corrected chi connectivity index (χ3v) is 3.11. The molecule has 0 aromatic carbocycles. The van der Waals surface area contributed by atoms with Crippen LogP contribution < -0.4 is 0 Å². The van der Waals surface area contributed by atoms with Gasteiger partial charge in [-0.25, -0.2) is 4.57 Å². The second-order valence-electron chi connectivity index (χ2n) is 1.11. The number of hydrogen-bond acceptors (Lipinski definition) is 5. The molecule has 0 bridgehead atoms. The molecular formula is CH7O8P3+2. The Bertz CT molecular complexity index is 200. The first-order chi connectivity index (χ1) is 4.83. The van der Waals surface area contributed by atoms with Crippen molar-refractivity contribution in [2.24, 2.45) is 0 Å². The molecule has 11 heteroatoms. The van der Waals surface area contributed by atoms with E-state index in [0.29, 0.717) is 0 Å². The Labute approximate surface area is 69.7 Å². The van der Waals surface area contributed by atoms with Gasteiger partial charge >= 0.3 is 24.3 Å². The Balaban J connectivity index is 0. The van der Waals surface area contributed by atoms with Crippen molar-refractivity contribution in [3.8, 4) is 0 Å². The number of hydrogen-bond donors (Lipinski definition) is 3. The molecule has 12 heavy (non-hydrogen) atoms. The molecule has 0 aliphatic rings. The van der Waals surface area contributed by atoms with Crippen LogP contribution in [0.5, 0.6) is 0 Å². The van der Waals surface area contributed by atoms with E-state index in [4.69, 9.17) is 14.7 Å². The third-order valence-electron chi connectivity index (χ3n) is 0.346. The molecule has 0 saturated heterocycles. The summed E-state index contributed by atoms with van der Waals surface area (Å²) in [6, 6.07) is 0. The van der Waals surface area contributed by atoms with Gasteiger partial charge in [-0.1, -0.05) is 7.43 Å². The molecule has 0 radical (unpaired) electrons. The van der Waals surface area contributed by atoms with Crippen molar-refractivity contribution >= 4 is 24.3 Å². The summed E-state index contributed by atoms with van der Waals surface area (Å²) in [5.74, 6) is 0. The van der Waals surface area contributed by atoms with E-state index in [2.05, 4.69) is 8.62 Å². The molecule has 0 aliphatic heterocycles. The van der Waals surface area contributed by atoms with Crippen molar-refractivity contribution in [1.29, 1.82) is 0 Å². The summed E-state index contributed by atoms with van der Waals surface area (Å²) in [7, 11) is -11.6. The monoisotopic (exact) mass is 240 g/mol. The Morgan fingerprint density at radius 1 is 1.08 bits per heavy atom. The van der Waals surface area contributed by atoms with Crippen LogP contribution in [0.2, 0.25) is 0 Å². The summed E-state index contributed by atoms with van der Waals surface area (Å²) in [5, 5.41) is 0. The highest BCUT2D eigenvalue weighted by Crippen LogP contribution is 2.55. The molecule has 72 valence electrons. The van der Waals surface area contributed by atoms with Crippen LogP contribution in [0, 0.1) is 0 Å². The van der Waals surface area contributed by atoms with Gasteiger partial charge in [-0.15, -0.1) is 9.79 Å². The molecule has 0 amide bonds. The largest absolute Gasteiger partial charge is 0.705 e. The van der Waals surface area contributed by atoms with Crippen LogP contribution in [-0.4, -0.2) is 14.7 Å². The van der Waals surface area contributed by atoms with E-state index in [1.807, 2.05) is 0 Å². The van der Waals surface area contributed by atoms with Gasteiger partial charge in [0.2, 0.25) is 0 Å². The minimum atomic E-state index is -4.87. The molecule has 0 aliphatic carbocycles. The fraction of sp³-hybridized carbons (Fsp3) is 1.00. The molecule has 2 atom stereocenters. The fourth-order valence-corrected chi connectivity index (χ4v) is 1.99. The fourth-order valence-electron chi connectivity index (χ4n) is 0.191. The lowest BCUT2D eigenvalue weighted by Crippen LogP contribution is -1.81. The van der Waals surface area contributed by atoms with Gasteiger partial charge in [-0.05, 0) is 0 Å². The van der Waals surface area contributed by atoms with Crippen molar-refractivity contribution in [3.63, 3.8) is 0 Å². The maximum Gasteiger partial charge on any atom is 0.705 e. The molecule has 0 aromatic rings. The zero-order valence-corrected chi connectivity index (χ0v) is 7.41. The minimum Gasteiger partial charge on any atom is -0.297 e. The molecular weight excluding hydrogens is 233 g/mol. The molecule has 0 saturated carbocycles. The van der Waals surface area contributed by atoms with E-state index < -0.39 is 24.3 Å². The van der Waals surface area contributed by atoms with E-state index in [1.165, 1.54) is 0 Å². The van der Waals surface area contributed by atoms with Crippen LogP contribution in [0.3, 0.4) is 0 Å². The van der Waals surface area contributed by atoms with Gasteiger partial charge in [-0.2, -0.15) is 0 Å². The smallest absolute Gasteiger partial charge is 0.297 e. The average molecular weight is 240 g/mol. The van der Waals surface area contributed by atoms with Gasteiger partial charge in [0.25, 0.3) is 0 Å². The number of phosphoric acid groups is 1. The SMILES string of the molecule is C.O=[P+](O)OP(=O)(O)O[P+](=O)O. The van der Waals surface area contributed by atoms with E-state index in [1.54, 1.807) is 0 Å². The zero-order chi connectivity index (χ0) is 9.07. The van der Waals surface area contributed by atoms with Gasteiger partial charge in [0.1, 0.15) is 0 Å². The lowest BCUT2D eigenvalue weighted by molar-refractivity contribution is 0.271. The molecule has 8 nitrogen and oxygen atoms in total. The highest BCUT2D eigenvalue weighted by molar-refractivity contribution is 7.60. The topological polar surface area (TPSA) is 130 Å². The summed E-state index contributed by atoms with van der Waals surface area (Å²) < 4.78 is 36.4. The molecule has 3 N–H and O–H groups in total. The van der Waals surface area contributed by atoms with Crippen molar-refractivity contribution < 1.29 is 37.0 Å². The van der Waals surface area contributed by atoms with E-state index in [9.17, 15) is 13.7 Å². The van der Waals surface area contributed by atoms with E-state index in [-0.39, 0.29) is 7.43 Å². The van der Waals surface area contributed by atoms with Crippen molar-refractivity contribution in [3.05, 3.63) is 0 Å². The summed E-state index contributed by atoms with van der Waals surface area (Å²) in [4.78, 5) is 24.1. The van der Waals surface area contributed by atoms with Crippen LogP contribution in [-0.2, 0) is 22.3 Å². The van der Waals surface area contributed by atoms with Crippen molar-refractivity contribution in [2.45, 2.75) is 7.43 Å². The first-order valence-electron chi connectivity index (χ1n) is 1.88. The molecule has 0 aromatic heterocycles. The molecule has 0 rings (SSSR count). The normalized spacial score (nSPS) is 17.2. The Morgan fingerprint density at radius 3 is 1.50 bits per heavy atom. The molecule has 0 heterocycles. The first kappa shape index (κ1) is 14.7. The summed E-state index contributed by atoms with van der Waals surface area (Å²) in [6.07, 6.45) is 0. The van der Waals surface area contributed by atoms with Crippen molar-refractivity contribution in [1.82, 2.24) is 0 Å². The molecule has 0 spiro atoms. The first-order valence-corrected chi connectivity index (χ1v) is 5.63. The standard InChI is InChI=1S/CH4.HO8P3/c;1-9(2)7-11(5,6)8-10(3)4/h1H4;(H-2,1,2,3,4,5,6)/p+2. The Kier molecular flexibility index (Phi) is 7.13. The Hall–Kier alpha value is 0.230. The van der Waals surface area contributed by atoms with Gasteiger partial charge in [-0.3, -0.25) is 4.89 Å². The van der Waals surface area contributed by atoms with Crippen LogP contribution in [0.25, 0.3) is 0 Å². The predicted octanol–water partition coefficient (Wildman–Crippen LogP) is 1.06. The second-order valence-corrected chi connectivity index (χ2v) is 4.30. The van der Waals surface area contributed by atoms with E-state index >= 15 is 0 Å². The summed E-state index contributed by atoms with van der Waals surface area (Å²) >= 11 is 0. The molecule has 2 unspecified atom stereocenters. The highest BCUT2D eigenvalue weighted by atomic mass is 31.3. The van der Waals surface area contributed by atoms with E-state index in [0.717, 1.165) is 0 Å². The van der Waals surface area contributed by atoms with Crippen LogP contribution in [0.1, 0.15) is 7.43 Å². The average Bonchev–Trinajstić information content (AvgIpc) is 1.53. The van der Waals surface area contributed by atoms with Gasteiger partial charge in [0.05, 0.1) is 0 Å². The van der Waals surface area contributed by atoms with Crippen LogP contribution >= 0.6 is 24.3 Å². The highest BCUT2D eigenvalue weighted by Gasteiger charge is 2.43. The van der Waals surface area contributed by atoms with Crippen LogP contribution in [0.4, 0.5) is 0 Å². The summed E-state index contributed by atoms with van der Waals surface area (Å²) in [6.45, 7) is 0. The Morgan fingerprint density at radius 2 is 1.33 bits per heavy atom. The lowest BCUT2D eigenvalue weighted by atomic mass is 12.0. The minimum absolute atomic E-state index is 0.